The molecule has 20 heteroatoms. The number of aliphatic hydroxyl groups excluding tert-OH is 4. The molecule has 20 nitrogen and oxygen atoms in total. The number of nitrogen functional groups attached to an aromatic ring is 1. The van der Waals surface area contributed by atoms with E-state index in [4.69, 9.17) is 34.5 Å². The van der Waals surface area contributed by atoms with Gasteiger partial charge in [-0.1, -0.05) is 18.2 Å². The van der Waals surface area contributed by atoms with E-state index in [1.54, 1.807) is 39.0 Å². The number of carbonyl (C=O) groups excluding carboxylic acids is 2. The highest BCUT2D eigenvalue weighted by molar-refractivity contribution is 5.84. The first-order valence-corrected chi connectivity index (χ1v) is 25.5. The molecule has 0 aliphatic carbocycles. The third-order valence-electron chi connectivity index (χ3n) is 11.4. The van der Waals surface area contributed by atoms with Crippen molar-refractivity contribution in [2.45, 2.75) is 148 Å². The number of ether oxygens (including phenoxy) is 5. The highest BCUT2D eigenvalue weighted by Crippen LogP contribution is 2.28. The molecule has 0 saturated carbocycles. The molecule has 9 rings (SSSR count). The van der Waals surface area contributed by atoms with Gasteiger partial charge in [0.05, 0.1) is 48.6 Å². The lowest BCUT2D eigenvalue weighted by Gasteiger charge is -2.20. The lowest BCUT2D eigenvalue weighted by Crippen LogP contribution is -2.27. The van der Waals surface area contributed by atoms with Crippen LogP contribution in [0.3, 0.4) is 0 Å². The first-order valence-electron chi connectivity index (χ1n) is 25.5. The number of hydrogen-bond donors (Lipinski definition) is 8. The van der Waals surface area contributed by atoms with E-state index in [2.05, 4.69) is 40.7 Å². The summed E-state index contributed by atoms with van der Waals surface area (Å²) in [5, 5.41) is 45.2. The van der Waals surface area contributed by atoms with Gasteiger partial charge in [0, 0.05) is 84.8 Å². The van der Waals surface area contributed by atoms with Crippen LogP contribution in [0.4, 0.5) is 27.0 Å². The summed E-state index contributed by atoms with van der Waals surface area (Å²) in [6.07, 6.45) is 7.08. The van der Waals surface area contributed by atoms with Crippen molar-refractivity contribution in [3.05, 3.63) is 71.2 Å². The number of carbonyl (C=O) groups is 2. The number of nitrogens with two attached hydrogens (primary N) is 1. The van der Waals surface area contributed by atoms with Crippen LogP contribution in [0, 0.1) is 0 Å². The number of aliphatic hydroxyl groups is 4. The minimum absolute atomic E-state index is 0.0648. The molecule has 3 aromatic rings. The minimum atomic E-state index is -0.564. The Bertz CT molecular complexity index is 1980. The van der Waals surface area contributed by atoms with Gasteiger partial charge in [-0.05, 0) is 135 Å². The zero-order valence-electron chi connectivity index (χ0n) is 43.7. The van der Waals surface area contributed by atoms with Gasteiger partial charge in [-0.15, -0.1) is 0 Å². The van der Waals surface area contributed by atoms with E-state index in [1.165, 1.54) is 25.7 Å². The van der Waals surface area contributed by atoms with Crippen molar-refractivity contribution in [3.63, 3.8) is 0 Å². The van der Waals surface area contributed by atoms with Crippen LogP contribution in [0.2, 0.25) is 0 Å². The van der Waals surface area contributed by atoms with Crippen molar-refractivity contribution < 1.29 is 53.7 Å². The van der Waals surface area contributed by atoms with Gasteiger partial charge in [0.25, 0.3) is 0 Å². The Kier molecular flexibility index (Phi) is 26.5. The smallest absolute Gasteiger partial charge is 0.413 e. The Morgan fingerprint density at radius 3 is 1.60 bits per heavy atom. The Morgan fingerprint density at radius 2 is 1.21 bits per heavy atom. The van der Waals surface area contributed by atoms with E-state index in [0.717, 1.165) is 115 Å². The van der Waals surface area contributed by atoms with Crippen molar-refractivity contribution in [3.8, 4) is 0 Å². The standard InChI is InChI=1S/C15H23N3O3.C15H22N2O4.C10H15N3O.C4H9NO.2C4H8O/c1-15(2,3)21-14(20)17-13-6-4-5-11(16-13)9-18-8-7-12(19)10-18;1-15(2,3)21-14(19)17-13-5-4-11(12(8-18)16-13)10-6-7-20-9-10;11-10-3-1-2-8(12-10)6-13-5-4-9(14)7-13;6-4-1-2-5-3-4;2*1-2-4-5-3-1/h4-6,12,19H,7-10H2,1-3H3,(H,16,17,20);4-5,10,18H,6-9H2,1-3H3,(H,16,17,19);1-3,9,14H,4-7H2,(H2,11,12);4-6H,1-3H2;2*1-4H2/t12-;;9-;4-;;/m0.00../s1. The number of nitrogens with zero attached hydrogens (tertiary/aromatic N) is 5. The Labute approximate surface area is 426 Å². The molecule has 6 fully saturated rings. The number of rotatable bonds is 8. The zero-order chi connectivity index (χ0) is 52.4. The minimum Gasteiger partial charge on any atom is -0.444 e. The van der Waals surface area contributed by atoms with Gasteiger partial charge < -0.3 is 55.2 Å². The topological polar surface area (TPSA) is 268 Å². The summed E-state index contributed by atoms with van der Waals surface area (Å²) in [5.41, 5.74) is 7.86. The molecule has 2 amide bonds. The summed E-state index contributed by atoms with van der Waals surface area (Å²) in [6, 6.07) is 14.7. The largest absolute Gasteiger partial charge is 0.444 e. The fourth-order valence-corrected chi connectivity index (χ4v) is 7.93. The molecule has 6 aliphatic heterocycles. The van der Waals surface area contributed by atoms with Crippen LogP contribution in [0.25, 0.3) is 0 Å². The van der Waals surface area contributed by atoms with Crippen LogP contribution in [-0.4, -0.2) is 166 Å². The number of nitrogens with one attached hydrogen (secondary N) is 3. The second-order valence-electron chi connectivity index (χ2n) is 20.4. The first kappa shape index (κ1) is 59.9. The Hall–Kier alpha value is -4.61. The third kappa shape index (κ3) is 25.9. The van der Waals surface area contributed by atoms with Gasteiger partial charge in [-0.3, -0.25) is 20.4 Å². The van der Waals surface area contributed by atoms with E-state index in [1.807, 2.05) is 51.1 Å². The van der Waals surface area contributed by atoms with Crippen LogP contribution >= 0.6 is 0 Å². The fraction of sp³-hybridized carbons (Fsp3) is 0.673. The lowest BCUT2D eigenvalue weighted by molar-refractivity contribution is 0.0624. The summed E-state index contributed by atoms with van der Waals surface area (Å²) in [4.78, 5) is 40.7. The van der Waals surface area contributed by atoms with Crippen LogP contribution in [0.5, 0.6) is 0 Å². The van der Waals surface area contributed by atoms with Crippen molar-refractivity contribution in [2.75, 3.05) is 95.3 Å². The fourth-order valence-electron chi connectivity index (χ4n) is 7.93. The van der Waals surface area contributed by atoms with Gasteiger partial charge in [-0.2, -0.15) is 0 Å². The zero-order valence-corrected chi connectivity index (χ0v) is 43.7. The summed E-state index contributed by atoms with van der Waals surface area (Å²) >= 11 is 0. The predicted octanol–water partition coefficient (Wildman–Crippen LogP) is 5.58. The van der Waals surface area contributed by atoms with Crippen molar-refractivity contribution in [1.29, 1.82) is 0 Å². The average molecular weight is 1010 g/mol. The van der Waals surface area contributed by atoms with Crippen LogP contribution in [-0.2, 0) is 43.4 Å². The molecule has 9 heterocycles. The average Bonchev–Trinajstić information content (AvgIpc) is 4.17. The number of anilines is 3. The van der Waals surface area contributed by atoms with Gasteiger partial charge >= 0.3 is 12.2 Å². The van der Waals surface area contributed by atoms with E-state index in [-0.39, 0.29) is 30.8 Å². The molecule has 1 unspecified atom stereocenters. The van der Waals surface area contributed by atoms with Gasteiger partial charge in [0.15, 0.2) is 0 Å². The molecule has 6 saturated heterocycles. The summed E-state index contributed by atoms with van der Waals surface area (Å²) in [5.74, 6) is 1.66. The monoisotopic (exact) mass is 1010 g/mol. The maximum atomic E-state index is 11.7. The molecule has 4 atom stereocenters. The van der Waals surface area contributed by atoms with E-state index in [9.17, 15) is 24.9 Å². The molecule has 0 aromatic carbocycles. The second kappa shape index (κ2) is 31.9. The molecule has 6 aliphatic rings. The second-order valence-corrected chi connectivity index (χ2v) is 20.4. The Balaban J connectivity index is 0.000000204. The maximum Gasteiger partial charge on any atom is 0.413 e. The first-order chi connectivity index (χ1) is 34.3. The molecular weight excluding hydrogens is 927 g/mol. The van der Waals surface area contributed by atoms with Crippen molar-refractivity contribution in [1.82, 2.24) is 30.1 Å². The van der Waals surface area contributed by atoms with E-state index < -0.39 is 23.4 Å². The van der Waals surface area contributed by atoms with Crippen LogP contribution in [0.1, 0.15) is 121 Å². The molecule has 72 heavy (non-hydrogen) atoms. The van der Waals surface area contributed by atoms with Crippen molar-refractivity contribution in [2.24, 2.45) is 0 Å². The van der Waals surface area contributed by atoms with Crippen LogP contribution < -0.4 is 21.7 Å². The summed E-state index contributed by atoms with van der Waals surface area (Å²) < 4.78 is 25.6. The number of aromatic nitrogens is 3. The SMILES string of the molecule is C1CCOC1.C1CCOC1.CC(C)(C)OC(=O)Nc1ccc(C2CCOC2)c(CO)n1.CC(C)(C)OC(=O)Nc1cccc(CN2CC[C@H](O)C2)n1.Nc1cccc(CN2CC[C@H](O)C2)n1.O[C@H]1CCNC1. The number of likely N-dealkylation sites (tertiary alicyclic amines) is 2. The summed E-state index contributed by atoms with van der Waals surface area (Å²) in [7, 11) is 0. The number of β-amino-alcohol motifs (C(OH)–C–C–N with tert-alkyl or cyclic N) is 3. The summed E-state index contributed by atoms with van der Waals surface area (Å²) in [6.45, 7) is 22.5. The molecule has 9 N–H and O–H groups in total. The van der Waals surface area contributed by atoms with E-state index >= 15 is 0 Å². The highest BCUT2D eigenvalue weighted by Gasteiger charge is 2.24. The normalized spacial score (nSPS) is 21.8. The Morgan fingerprint density at radius 1 is 0.681 bits per heavy atom. The molecule has 3 aromatic heterocycles. The maximum absolute atomic E-state index is 11.7. The molecular formula is C52H85N9O11. The molecule has 404 valence electrons. The van der Waals surface area contributed by atoms with Crippen molar-refractivity contribution >= 4 is 29.6 Å². The third-order valence-corrected chi connectivity index (χ3v) is 11.4. The number of pyridine rings is 3. The molecule has 0 spiro atoms. The van der Waals surface area contributed by atoms with Gasteiger partial charge in [0.1, 0.15) is 28.7 Å². The number of hydrogen-bond acceptors (Lipinski definition) is 18. The quantitative estimate of drug-likeness (QED) is 0.137. The predicted molar refractivity (Wildman–Crippen MR) is 276 cm³/mol. The van der Waals surface area contributed by atoms with Gasteiger partial charge in [-0.25, -0.2) is 24.5 Å². The van der Waals surface area contributed by atoms with Gasteiger partial charge in [0.2, 0.25) is 0 Å². The van der Waals surface area contributed by atoms with E-state index in [0.29, 0.717) is 42.8 Å². The molecule has 0 radical (unpaired) electrons. The lowest BCUT2D eigenvalue weighted by atomic mass is 9.97. The molecule has 0 bridgehead atoms. The van der Waals surface area contributed by atoms with Crippen LogP contribution in [0.15, 0.2) is 48.5 Å². The highest BCUT2D eigenvalue weighted by atomic mass is 16.6. The number of amides is 2.